The van der Waals surface area contributed by atoms with Crippen LogP contribution in [0.15, 0.2) is 36.9 Å². The van der Waals surface area contributed by atoms with Crippen LogP contribution in [0.5, 0.6) is 5.75 Å². The van der Waals surface area contributed by atoms with Gasteiger partial charge in [0.15, 0.2) is 0 Å². The first kappa shape index (κ1) is 13.4. The summed E-state index contributed by atoms with van der Waals surface area (Å²) in [6, 6.07) is 4.43. The third-order valence-electron chi connectivity index (χ3n) is 2.56. The van der Waals surface area contributed by atoms with Crippen molar-refractivity contribution in [1.29, 1.82) is 0 Å². The molecule has 1 heterocycles. The van der Waals surface area contributed by atoms with E-state index in [-0.39, 0.29) is 5.56 Å². The molecular formula is C13H13ClN2O3. The Bertz CT molecular complexity index is 555. The molecule has 0 aliphatic rings. The number of ether oxygens (including phenoxy) is 1. The maximum atomic E-state index is 10.7. The summed E-state index contributed by atoms with van der Waals surface area (Å²) in [5, 5.41) is 9.12. The molecule has 2 aromatic rings. The van der Waals surface area contributed by atoms with Crippen molar-refractivity contribution in [3.63, 3.8) is 0 Å². The van der Waals surface area contributed by atoms with E-state index in [0.29, 0.717) is 17.4 Å². The van der Waals surface area contributed by atoms with Gasteiger partial charge in [-0.05, 0) is 24.6 Å². The van der Waals surface area contributed by atoms with Gasteiger partial charge in [0.05, 0.1) is 23.5 Å². The van der Waals surface area contributed by atoms with Crippen LogP contribution in [-0.4, -0.2) is 27.2 Å². The van der Waals surface area contributed by atoms with Gasteiger partial charge < -0.3 is 14.4 Å². The maximum absolute atomic E-state index is 10.7. The highest BCUT2D eigenvalue weighted by molar-refractivity contribution is 6.32. The summed E-state index contributed by atoms with van der Waals surface area (Å²) in [5.41, 5.74) is 0.149. The quantitative estimate of drug-likeness (QED) is 0.826. The van der Waals surface area contributed by atoms with E-state index in [2.05, 4.69) is 4.98 Å². The molecule has 0 amide bonds. The minimum absolute atomic E-state index is 0.149. The van der Waals surface area contributed by atoms with Gasteiger partial charge in [0, 0.05) is 18.9 Å². The van der Waals surface area contributed by atoms with Gasteiger partial charge in [-0.3, -0.25) is 0 Å². The zero-order valence-electron chi connectivity index (χ0n) is 10.1. The topological polar surface area (TPSA) is 64.3 Å². The molecule has 0 saturated heterocycles. The number of hydrogen-bond acceptors (Lipinski definition) is 3. The second kappa shape index (κ2) is 6.24. The summed E-state index contributed by atoms with van der Waals surface area (Å²) in [6.07, 6.45) is 6.17. The van der Waals surface area contributed by atoms with E-state index in [0.717, 1.165) is 13.0 Å². The second-order valence-corrected chi connectivity index (χ2v) is 4.36. The van der Waals surface area contributed by atoms with Crippen molar-refractivity contribution in [1.82, 2.24) is 9.55 Å². The fourth-order valence-corrected chi connectivity index (χ4v) is 1.83. The van der Waals surface area contributed by atoms with E-state index in [1.807, 2.05) is 10.8 Å². The Morgan fingerprint density at radius 2 is 2.32 bits per heavy atom. The number of rotatable bonds is 6. The van der Waals surface area contributed by atoms with Crippen LogP contribution >= 0.6 is 11.6 Å². The molecule has 5 nitrogen and oxygen atoms in total. The number of imidazole rings is 1. The molecule has 0 unspecified atom stereocenters. The third-order valence-corrected chi connectivity index (χ3v) is 2.85. The van der Waals surface area contributed by atoms with Crippen molar-refractivity contribution in [2.24, 2.45) is 0 Å². The number of aromatic carboxylic acids is 1. The molecule has 1 N–H and O–H groups in total. The summed E-state index contributed by atoms with van der Waals surface area (Å²) in [6.45, 7) is 1.31. The van der Waals surface area contributed by atoms with E-state index in [9.17, 15) is 4.79 Å². The Hall–Kier alpha value is -2.01. The van der Waals surface area contributed by atoms with Crippen LogP contribution in [0, 0.1) is 0 Å². The second-order valence-electron chi connectivity index (χ2n) is 3.95. The van der Waals surface area contributed by atoms with Crippen molar-refractivity contribution in [2.45, 2.75) is 13.0 Å². The molecule has 0 radical (unpaired) electrons. The third kappa shape index (κ3) is 3.72. The lowest BCUT2D eigenvalue weighted by atomic mass is 10.2. The molecule has 0 fully saturated rings. The summed E-state index contributed by atoms with van der Waals surface area (Å²) in [5.74, 6) is -0.508. The molecule has 19 heavy (non-hydrogen) atoms. The zero-order valence-corrected chi connectivity index (χ0v) is 10.9. The Morgan fingerprint density at radius 3 is 2.95 bits per heavy atom. The first-order valence-electron chi connectivity index (χ1n) is 5.78. The number of nitrogens with zero attached hydrogens (tertiary/aromatic N) is 2. The van der Waals surface area contributed by atoms with Crippen LogP contribution in [0.2, 0.25) is 5.02 Å². The monoisotopic (exact) mass is 280 g/mol. The van der Waals surface area contributed by atoms with Crippen molar-refractivity contribution < 1.29 is 14.6 Å². The van der Waals surface area contributed by atoms with Crippen molar-refractivity contribution in [3.8, 4) is 5.75 Å². The Morgan fingerprint density at radius 1 is 1.47 bits per heavy atom. The average Bonchev–Trinajstić information content (AvgIpc) is 2.89. The average molecular weight is 281 g/mol. The molecule has 0 atom stereocenters. The molecule has 0 aliphatic carbocycles. The number of aryl methyl sites for hydroxylation is 1. The highest BCUT2D eigenvalue weighted by atomic mass is 35.5. The van der Waals surface area contributed by atoms with Crippen molar-refractivity contribution in [3.05, 3.63) is 47.5 Å². The molecule has 0 spiro atoms. The van der Waals surface area contributed by atoms with E-state index in [1.165, 1.54) is 12.1 Å². The van der Waals surface area contributed by atoms with Gasteiger partial charge in [-0.25, -0.2) is 9.78 Å². The predicted octanol–water partition coefficient (Wildman–Crippen LogP) is 2.70. The highest BCUT2D eigenvalue weighted by Crippen LogP contribution is 2.25. The summed E-state index contributed by atoms with van der Waals surface area (Å²) in [7, 11) is 0. The van der Waals surface area contributed by atoms with Crippen LogP contribution < -0.4 is 4.74 Å². The van der Waals surface area contributed by atoms with Crippen LogP contribution in [0.3, 0.4) is 0 Å². The van der Waals surface area contributed by atoms with Crippen LogP contribution in [0.25, 0.3) is 0 Å². The van der Waals surface area contributed by atoms with Gasteiger partial charge in [-0.15, -0.1) is 0 Å². The SMILES string of the molecule is O=C(O)c1ccc(OCCCn2ccnc2)c(Cl)c1. The molecule has 6 heteroatoms. The number of carboxylic acids is 1. The zero-order chi connectivity index (χ0) is 13.7. The molecular weight excluding hydrogens is 268 g/mol. The molecule has 1 aromatic heterocycles. The van der Waals surface area contributed by atoms with Gasteiger partial charge in [0.1, 0.15) is 5.75 Å². The Labute approximate surface area is 115 Å². The summed E-state index contributed by atoms with van der Waals surface area (Å²) in [4.78, 5) is 14.7. The van der Waals surface area contributed by atoms with E-state index < -0.39 is 5.97 Å². The lowest BCUT2D eigenvalue weighted by molar-refractivity contribution is 0.0697. The highest BCUT2D eigenvalue weighted by Gasteiger charge is 2.07. The summed E-state index contributed by atoms with van der Waals surface area (Å²) < 4.78 is 7.47. The lowest BCUT2D eigenvalue weighted by Crippen LogP contribution is -2.04. The molecule has 100 valence electrons. The fraction of sp³-hybridized carbons (Fsp3) is 0.231. The van der Waals surface area contributed by atoms with Crippen LogP contribution in [0.4, 0.5) is 0 Å². The largest absolute Gasteiger partial charge is 0.492 e. The Balaban J connectivity index is 1.84. The van der Waals surface area contributed by atoms with Gasteiger partial charge in [0.2, 0.25) is 0 Å². The number of halogens is 1. The van der Waals surface area contributed by atoms with Gasteiger partial charge in [-0.1, -0.05) is 11.6 Å². The molecule has 0 saturated carbocycles. The first-order chi connectivity index (χ1) is 9.16. The minimum atomic E-state index is -1.01. The van der Waals surface area contributed by atoms with E-state index in [4.69, 9.17) is 21.4 Å². The maximum Gasteiger partial charge on any atom is 0.335 e. The minimum Gasteiger partial charge on any atom is -0.492 e. The molecule has 0 aliphatic heterocycles. The number of benzene rings is 1. The van der Waals surface area contributed by atoms with Gasteiger partial charge in [-0.2, -0.15) is 0 Å². The van der Waals surface area contributed by atoms with Crippen LogP contribution in [-0.2, 0) is 6.54 Å². The lowest BCUT2D eigenvalue weighted by Gasteiger charge is -2.08. The standard InChI is InChI=1S/C13H13ClN2O3/c14-11-8-10(13(17)18)2-3-12(11)19-7-1-5-16-6-4-15-9-16/h2-4,6,8-9H,1,5,7H2,(H,17,18). The molecule has 1 aromatic carbocycles. The normalized spacial score (nSPS) is 10.4. The van der Waals surface area contributed by atoms with E-state index >= 15 is 0 Å². The van der Waals surface area contributed by atoms with Gasteiger partial charge in [0.25, 0.3) is 0 Å². The fourth-order valence-electron chi connectivity index (χ4n) is 1.60. The Kier molecular flexibility index (Phi) is 4.41. The summed E-state index contributed by atoms with van der Waals surface area (Å²) >= 11 is 5.95. The number of carbonyl (C=O) groups is 1. The van der Waals surface area contributed by atoms with Gasteiger partial charge >= 0.3 is 5.97 Å². The smallest absolute Gasteiger partial charge is 0.335 e. The van der Waals surface area contributed by atoms with E-state index in [1.54, 1.807) is 18.6 Å². The predicted molar refractivity (Wildman–Crippen MR) is 70.8 cm³/mol. The number of hydrogen-bond donors (Lipinski definition) is 1. The number of aromatic nitrogens is 2. The number of carboxylic acid groups (broad SMARTS) is 1. The van der Waals surface area contributed by atoms with Crippen molar-refractivity contribution in [2.75, 3.05) is 6.61 Å². The van der Waals surface area contributed by atoms with Crippen LogP contribution in [0.1, 0.15) is 16.8 Å². The molecule has 2 rings (SSSR count). The molecule has 0 bridgehead atoms. The van der Waals surface area contributed by atoms with Crippen molar-refractivity contribution >= 4 is 17.6 Å². The first-order valence-corrected chi connectivity index (χ1v) is 6.16.